The van der Waals surface area contributed by atoms with E-state index in [1.165, 1.54) is 32.4 Å². The van der Waals surface area contributed by atoms with Crippen molar-refractivity contribution in [1.82, 2.24) is 4.90 Å². The molecule has 3 atom stereocenters. The minimum absolute atomic E-state index is 0.318. The van der Waals surface area contributed by atoms with E-state index in [2.05, 4.69) is 18.7 Å². The third-order valence-corrected chi connectivity index (χ3v) is 3.88. The second kappa shape index (κ2) is 3.58. The number of hydrogen-bond acceptors (Lipinski definition) is 2. The molecule has 2 heteroatoms. The predicted octanol–water partition coefficient (Wildman–Crippen LogP) is 1.45. The zero-order valence-electron chi connectivity index (χ0n) is 8.87. The zero-order valence-corrected chi connectivity index (χ0v) is 8.87. The third-order valence-electron chi connectivity index (χ3n) is 3.88. The minimum Gasteiger partial charge on any atom is -0.327 e. The van der Waals surface area contributed by atoms with E-state index >= 15 is 0 Å². The Morgan fingerprint density at radius 2 is 1.85 bits per heavy atom. The monoisotopic (exact) mass is 182 g/mol. The first-order valence-electron chi connectivity index (χ1n) is 5.68. The summed E-state index contributed by atoms with van der Waals surface area (Å²) in [5.74, 6) is 2.08. The summed E-state index contributed by atoms with van der Waals surface area (Å²) in [6, 6.07) is 0.890. The Morgan fingerprint density at radius 1 is 1.15 bits per heavy atom. The highest BCUT2D eigenvalue weighted by Crippen LogP contribution is 2.41. The van der Waals surface area contributed by atoms with E-state index in [4.69, 9.17) is 5.73 Å². The van der Waals surface area contributed by atoms with Gasteiger partial charge in [-0.3, -0.25) is 4.90 Å². The Labute approximate surface area is 81.5 Å². The lowest BCUT2D eigenvalue weighted by Crippen LogP contribution is -2.43. The molecule has 0 amide bonds. The molecular formula is C11H22N2. The Bertz CT molecular complexity index is 175. The number of likely N-dealkylation sites (tertiary alicyclic amines) is 1. The van der Waals surface area contributed by atoms with Crippen LogP contribution in [0.4, 0.5) is 0 Å². The van der Waals surface area contributed by atoms with Gasteiger partial charge in [-0.1, -0.05) is 0 Å². The molecule has 1 aliphatic carbocycles. The molecule has 0 aromatic heterocycles. The van der Waals surface area contributed by atoms with Crippen molar-refractivity contribution in [3.8, 4) is 0 Å². The van der Waals surface area contributed by atoms with Crippen molar-refractivity contribution in [1.29, 1.82) is 0 Å². The normalized spacial score (nSPS) is 34.8. The maximum Gasteiger partial charge on any atom is 0.0216 e. The Balaban J connectivity index is 1.82. The molecule has 13 heavy (non-hydrogen) atoms. The minimum atomic E-state index is 0.318. The molecular weight excluding hydrogens is 160 g/mol. The van der Waals surface area contributed by atoms with Crippen LogP contribution in [-0.2, 0) is 0 Å². The summed E-state index contributed by atoms with van der Waals surface area (Å²) >= 11 is 0. The van der Waals surface area contributed by atoms with Crippen molar-refractivity contribution in [2.45, 2.75) is 45.2 Å². The summed E-state index contributed by atoms with van der Waals surface area (Å²) in [5.41, 5.74) is 5.91. The van der Waals surface area contributed by atoms with Gasteiger partial charge in [0.25, 0.3) is 0 Å². The molecule has 1 heterocycles. The van der Waals surface area contributed by atoms with E-state index in [1.54, 1.807) is 0 Å². The average molecular weight is 182 g/mol. The van der Waals surface area contributed by atoms with E-state index in [0.29, 0.717) is 12.1 Å². The van der Waals surface area contributed by atoms with E-state index in [9.17, 15) is 0 Å². The molecule has 3 unspecified atom stereocenters. The van der Waals surface area contributed by atoms with Crippen LogP contribution in [0.1, 0.15) is 33.1 Å². The fourth-order valence-electron chi connectivity index (χ4n) is 2.47. The number of nitrogens with zero attached hydrogens (tertiary/aromatic N) is 1. The lowest BCUT2D eigenvalue weighted by atomic mass is 10.0. The molecule has 0 radical (unpaired) electrons. The van der Waals surface area contributed by atoms with Gasteiger partial charge in [0.1, 0.15) is 0 Å². The van der Waals surface area contributed by atoms with Gasteiger partial charge >= 0.3 is 0 Å². The summed E-state index contributed by atoms with van der Waals surface area (Å²) < 4.78 is 0. The van der Waals surface area contributed by atoms with Gasteiger partial charge in [0, 0.05) is 18.6 Å². The fraction of sp³-hybridized carbons (Fsp3) is 1.00. The lowest BCUT2D eigenvalue weighted by molar-refractivity contribution is 0.222. The van der Waals surface area contributed by atoms with Crippen molar-refractivity contribution < 1.29 is 0 Å². The van der Waals surface area contributed by atoms with Crippen molar-refractivity contribution in [3.05, 3.63) is 0 Å². The summed E-state index contributed by atoms with van der Waals surface area (Å²) in [4.78, 5) is 2.58. The molecule has 2 nitrogen and oxygen atoms in total. The Morgan fingerprint density at radius 3 is 2.38 bits per heavy atom. The van der Waals surface area contributed by atoms with Crippen molar-refractivity contribution in [3.63, 3.8) is 0 Å². The Hall–Kier alpha value is -0.0800. The van der Waals surface area contributed by atoms with Crippen LogP contribution in [0.5, 0.6) is 0 Å². The van der Waals surface area contributed by atoms with Crippen molar-refractivity contribution in [2.75, 3.05) is 13.1 Å². The molecule has 0 spiro atoms. The molecule has 2 N–H and O–H groups in total. The maximum absolute atomic E-state index is 5.91. The maximum atomic E-state index is 5.91. The van der Waals surface area contributed by atoms with E-state index in [-0.39, 0.29) is 0 Å². The Kier molecular flexibility index (Phi) is 2.61. The van der Waals surface area contributed by atoms with Gasteiger partial charge in [0.15, 0.2) is 0 Å². The van der Waals surface area contributed by atoms with Gasteiger partial charge in [-0.15, -0.1) is 0 Å². The molecule has 2 rings (SSSR count). The molecule has 1 aliphatic heterocycles. The second-order valence-corrected chi connectivity index (χ2v) is 4.98. The summed E-state index contributed by atoms with van der Waals surface area (Å²) in [5, 5.41) is 0. The molecule has 2 aliphatic rings. The van der Waals surface area contributed by atoms with Crippen LogP contribution < -0.4 is 5.73 Å². The van der Waals surface area contributed by atoms with Crippen LogP contribution in [0.25, 0.3) is 0 Å². The van der Waals surface area contributed by atoms with Gasteiger partial charge in [-0.2, -0.15) is 0 Å². The van der Waals surface area contributed by atoms with E-state index in [1.807, 2.05) is 0 Å². The molecule has 0 bridgehead atoms. The second-order valence-electron chi connectivity index (χ2n) is 4.98. The average Bonchev–Trinajstić information content (AvgIpc) is 2.83. The van der Waals surface area contributed by atoms with Crippen LogP contribution in [0, 0.1) is 11.8 Å². The van der Waals surface area contributed by atoms with E-state index in [0.717, 1.165) is 11.8 Å². The van der Waals surface area contributed by atoms with Gasteiger partial charge in [0.2, 0.25) is 0 Å². The molecule has 0 aromatic carbocycles. The summed E-state index contributed by atoms with van der Waals surface area (Å²) in [7, 11) is 0. The highest BCUT2D eigenvalue weighted by Gasteiger charge is 2.37. The van der Waals surface area contributed by atoms with Crippen LogP contribution in [0.15, 0.2) is 0 Å². The van der Waals surface area contributed by atoms with Gasteiger partial charge < -0.3 is 5.73 Å². The van der Waals surface area contributed by atoms with Crippen LogP contribution >= 0.6 is 0 Å². The third kappa shape index (κ3) is 2.05. The van der Waals surface area contributed by atoms with Crippen LogP contribution in [0.3, 0.4) is 0 Å². The molecule has 1 saturated carbocycles. The van der Waals surface area contributed by atoms with Crippen LogP contribution in [-0.4, -0.2) is 30.1 Å². The highest BCUT2D eigenvalue weighted by molar-refractivity contribution is 4.90. The van der Waals surface area contributed by atoms with Crippen LogP contribution in [0.2, 0.25) is 0 Å². The quantitative estimate of drug-likeness (QED) is 0.716. The van der Waals surface area contributed by atoms with E-state index < -0.39 is 0 Å². The smallest absolute Gasteiger partial charge is 0.0216 e. The summed E-state index contributed by atoms with van der Waals surface area (Å²) in [6.07, 6.45) is 4.40. The predicted molar refractivity (Wildman–Crippen MR) is 55.5 cm³/mol. The first-order valence-corrected chi connectivity index (χ1v) is 5.68. The van der Waals surface area contributed by atoms with Crippen molar-refractivity contribution >= 4 is 0 Å². The number of nitrogens with two attached hydrogens (primary N) is 1. The number of hydrogen-bond donors (Lipinski definition) is 1. The first kappa shape index (κ1) is 9.47. The number of rotatable bonds is 3. The SMILES string of the molecule is CC(N)C(C)N1CCC(C2CC2)C1. The molecule has 2 fully saturated rings. The largest absolute Gasteiger partial charge is 0.327 e. The fourth-order valence-corrected chi connectivity index (χ4v) is 2.47. The lowest BCUT2D eigenvalue weighted by Gasteiger charge is -2.27. The topological polar surface area (TPSA) is 29.3 Å². The molecule has 1 saturated heterocycles. The molecule has 0 aromatic rings. The summed E-state index contributed by atoms with van der Waals surface area (Å²) in [6.45, 7) is 6.98. The molecule has 76 valence electrons. The standard InChI is InChI=1S/C11H22N2/c1-8(12)9(2)13-6-5-11(7-13)10-3-4-10/h8-11H,3-7,12H2,1-2H3. The van der Waals surface area contributed by atoms with Gasteiger partial charge in [0.05, 0.1) is 0 Å². The highest BCUT2D eigenvalue weighted by atomic mass is 15.2. The first-order chi connectivity index (χ1) is 6.18. The van der Waals surface area contributed by atoms with Crippen molar-refractivity contribution in [2.24, 2.45) is 17.6 Å². The van der Waals surface area contributed by atoms with Gasteiger partial charge in [-0.25, -0.2) is 0 Å². The van der Waals surface area contributed by atoms with Gasteiger partial charge in [-0.05, 0) is 51.5 Å². The zero-order chi connectivity index (χ0) is 9.42.